The first-order valence-electron chi connectivity index (χ1n) is 5.61. The molecule has 1 amide bonds. The summed E-state index contributed by atoms with van der Waals surface area (Å²) < 4.78 is 6.61. The minimum absolute atomic E-state index is 0.302. The molecule has 1 heterocycles. The Balaban J connectivity index is 2.86. The summed E-state index contributed by atoms with van der Waals surface area (Å²) in [5.74, 6) is -0.859. The highest BCUT2D eigenvalue weighted by Crippen LogP contribution is 2.08. The van der Waals surface area contributed by atoms with Gasteiger partial charge in [0, 0.05) is 25.5 Å². The standard InChI is InChI=1S/C12H17N3O4/c1-12(2,3)19-11(18)14-8(10(16)17)7-9-13-5-6-15(9)4/h5-7H,1-4H3,(H,14,18)(H,16,17)/b8-7+. The maximum absolute atomic E-state index is 11.5. The van der Waals surface area contributed by atoms with E-state index < -0.39 is 17.7 Å². The molecule has 7 nitrogen and oxygen atoms in total. The predicted octanol–water partition coefficient (Wildman–Crippen LogP) is 1.37. The monoisotopic (exact) mass is 267 g/mol. The van der Waals surface area contributed by atoms with Crippen molar-refractivity contribution in [1.82, 2.24) is 14.9 Å². The van der Waals surface area contributed by atoms with Gasteiger partial charge in [-0.25, -0.2) is 14.6 Å². The Morgan fingerprint density at radius 2 is 2.11 bits per heavy atom. The molecule has 7 heteroatoms. The van der Waals surface area contributed by atoms with Gasteiger partial charge >= 0.3 is 12.1 Å². The van der Waals surface area contributed by atoms with Crippen LogP contribution < -0.4 is 5.32 Å². The molecule has 0 aliphatic rings. The molecule has 0 spiro atoms. The number of nitrogens with zero attached hydrogens (tertiary/aromatic N) is 2. The van der Waals surface area contributed by atoms with E-state index in [1.54, 1.807) is 38.6 Å². The predicted molar refractivity (Wildman–Crippen MR) is 68.2 cm³/mol. The quantitative estimate of drug-likeness (QED) is 0.807. The molecular formula is C12H17N3O4. The van der Waals surface area contributed by atoms with Gasteiger partial charge in [0.2, 0.25) is 0 Å². The van der Waals surface area contributed by atoms with Gasteiger partial charge in [0.15, 0.2) is 0 Å². The first kappa shape index (κ1) is 14.7. The number of hydrogen-bond donors (Lipinski definition) is 2. The van der Waals surface area contributed by atoms with Gasteiger partial charge in [-0.15, -0.1) is 0 Å². The average molecular weight is 267 g/mol. The second-order valence-corrected chi connectivity index (χ2v) is 4.89. The number of carboxylic acids is 1. The molecule has 0 aromatic carbocycles. The fourth-order valence-electron chi connectivity index (χ4n) is 1.21. The molecule has 1 aromatic rings. The summed E-state index contributed by atoms with van der Waals surface area (Å²) >= 11 is 0. The molecule has 2 N–H and O–H groups in total. The number of carbonyl (C=O) groups is 2. The molecule has 0 saturated heterocycles. The van der Waals surface area contributed by atoms with Crippen LogP contribution in [0.5, 0.6) is 0 Å². The van der Waals surface area contributed by atoms with Gasteiger partial charge in [0.25, 0.3) is 0 Å². The zero-order valence-corrected chi connectivity index (χ0v) is 11.3. The van der Waals surface area contributed by atoms with Crippen LogP contribution in [0.25, 0.3) is 6.08 Å². The molecule has 1 rings (SSSR count). The number of hydrogen-bond acceptors (Lipinski definition) is 4. The molecule has 0 saturated carbocycles. The number of alkyl carbamates (subject to hydrolysis) is 1. The maximum Gasteiger partial charge on any atom is 0.412 e. The zero-order chi connectivity index (χ0) is 14.6. The zero-order valence-electron chi connectivity index (χ0n) is 11.3. The molecule has 0 unspecified atom stereocenters. The van der Waals surface area contributed by atoms with Crippen molar-refractivity contribution in [3.05, 3.63) is 23.9 Å². The van der Waals surface area contributed by atoms with Gasteiger partial charge in [-0.1, -0.05) is 0 Å². The Hall–Kier alpha value is -2.31. The lowest BCUT2D eigenvalue weighted by Crippen LogP contribution is -2.34. The average Bonchev–Trinajstić information content (AvgIpc) is 2.60. The fraction of sp³-hybridized carbons (Fsp3) is 0.417. The number of aromatic nitrogens is 2. The minimum Gasteiger partial charge on any atom is -0.477 e. The highest BCUT2D eigenvalue weighted by molar-refractivity contribution is 5.95. The van der Waals surface area contributed by atoms with Crippen LogP contribution in [0.2, 0.25) is 0 Å². The lowest BCUT2D eigenvalue weighted by Gasteiger charge is -2.19. The summed E-state index contributed by atoms with van der Waals surface area (Å²) in [5.41, 5.74) is -1.000. The Labute approximate surface area is 110 Å². The van der Waals surface area contributed by atoms with E-state index in [0.29, 0.717) is 5.82 Å². The summed E-state index contributed by atoms with van der Waals surface area (Å²) in [6.45, 7) is 5.07. The Bertz CT molecular complexity index is 511. The van der Waals surface area contributed by atoms with Crippen molar-refractivity contribution in [2.75, 3.05) is 0 Å². The molecule has 0 bridgehead atoms. The number of aliphatic carboxylic acids is 1. The summed E-state index contributed by atoms with van der Waals surface area (Å²) in [6.07, 6.45) is 3.62. The molecular weight excluding hydrogens is 250 g/mol. The number of nitrogens with one attached hydrogen (secondary N) is 1. The Morgan fingerprint density at radius 3 is 2.53 bits per heavy atom. The number of carboxylic acid groups (broad SMARTS) is 1. The maximum atomic E-state index is 11.5. The number of ether oxygens (including phenoxy) is 1. The molecule has 0 atom stereocenters. The Kier molecular flexibility index (Phi) is 4.31. The topological polar surface area (TPSA) is 93.5 Å². The molecule has 0 radical (unpaired) electrons. The smallest absolute Gasteiger partial charge is 0.412 e. The molecule has 0 aliphatic heterocycles. The van der Waals surface area contributed by atoms with E-state index in [-0.39, 0.29) is 5.70 Å². The van der Waals surface area contributed by atoms with Crippen molar-refractivity contribution >= 4 is 18.1 Å². The molecule has 0 aliphatic carbocycles. The fourth-order valence-corrected chi connectivity index (χ4v) is 1.21. The van der Waals surface area contributed by atoms with Crippen LogP contribution in [0.4, 0.5) is 4.79 Å². The van der Waals surface area contributed by atoms with Gasteiger partial charge < -0.3 is 14.4 Å². The van der Waals surface area contributed by atoms with E-state index in [1.807, 2.05) is 0 Å². The number of aryl methyl sites for hydroxylation is 1. The summed E-state index contributed by atoms with van der Waals surface area (Å²) in [4.78, 5) is 26.5. The van der Waals surface area contributed by atoms with Gasteiger partial charge in [0.1, 0.15) is 17.1 Å². The third-order valence-electron chi connectivity index (χ3n) is 2.00. The van der Waals surface area contributed by atoms with E-state index in [1.165, 1.54) is 12.3 Å². The number of rotatable bonds is 3. The first-order valence-corrected chi connectivity index (χ1v) is 5.61. The number of carbonyl (C=O) groups excluding carboxylic acids is 1. The van der Waals surface area contributed by atoms with E-state index >= 15 is 0 Å². The summed E-state index contributed by atoms with van der Waals surface area (Å²) in [7, 11) is 1.71. The van der Waals surface area contributed by atoms with Crippen molar-refractivity contribution in [2.24, 2.45) is 7.05 Å². The van der Waals surface area contributed by atoms with Crippen LogP contribution in [-0.2, 0) is 16.6 Å². The van der Waals surface area contributed by atoms with E-state index in [2.05, 4.69) is 10.3 Å². The van der Waals surface area contributed by atoms with Crippen molar-refractivity contribution in [1.29, 1.82) is 0 Å². The first-order chi connectivity index (χ1) is 8.69. The van der Waals surface area contributed by atoms with E-state index in [4.69, 9.17) is 9.84 Å². The number of imidazole rings is 1. The molecule has 104 valence electrons. The van der Waals surface area contributed by atoms with Gasteiger partial charge in [0.05, 0.1) is 0 Å². The van der Waals surface area contributed by atoms with Crippen LogP contribution >= 0.6 is 0 Å². The third kappa shape index (κ3) is 4.82. The Morgan fingerprint density at radius 1 is 1.47 bits per heavy atom. The normalized spacial score (nSPS) is 12.1. The van der Waals surface area contributed by atoms with Crippen LogP contribution in [-0.4, -0.2) is 32.3 Å². The minimum atomic E-state index is -1.27. The SMILES string of the molecule is Cn1ccnc1/C=C(/NC(=O)OC(C)(C)C)C(=O)O. The van der Waals surface area contributed by atoms with E-state index in [0.717, 1.165) is 0 Å². The molecule has 0 fully saturated rings. The highest BCUT2D eigenvalue weighted by Gasteiger charge is 2.19. The van der Waals surface area contributed by atoms with Gasteiger partial charge in [-0.3, -0.25) is 5.32 Å². The van der Waals surface area contributed by atoms with Gasteiger partial charge in [-0.05, 0) is 20.8 Å². The van der Waals surface area contributed by atoms with Crippen molar-refractivity contribution in [2.45, 2.75) is 26.4 Å². The third-order valence-corrected chi connectivity index (χ3v) is 2.00. The van der Waals surface area contributed by atoms with Crippen LogP contribution in [0, 0.1) is 0 Å². The summed E-state index contributed by atoms with van der Waals surface area (Å²) in [6, 6.07) is 0. The van der Waals surface area contributed by atoms with Crippen molar-refractivity contribution in [3.8, 4) is 0 Å². The molecule has 19 heavy (non-hydrogen) atoms. The second-order valence-electron chi connectivity index (χ2n) is 4.89. The number of amides is 1. The second kappa shape index (κ2) is 5.55. The molecule has 1 aromatic heterocycles. The van der Waals surface area contributed by atoms with Crippen LogP contribution in [0.15, 0.2) is 18.1 Å². The lowest BCUT2D eigenvalue weighted by molar-refractivity contribution is -0.133. The van der Waals surface area contributed by atoms with Crippen molar-refractivity contribution in [3.63, 3.8) is 0 Å². The van der Waals surface area contributed by atoms with E-state index in [9.17, 15) is 9.59 Å². The lowest BCUT2D eigenvalue weighted by atomic mass is 10.2. The van der Waals surface area contributed by atoms with Crippen LogP contribution in [0.3, 0.4) is 0 Å². The van der Waals surface area contributed by atoms with Crippen molar-refractivity contribution < 1.29 is 19.4 Å². The highest BCUT2D eigenvalue weighted by atomic mass is 16.6. The summed E-state index contributed by atoms with van der Waals surface area (Å²) in [5, 5.41) is 11.2. The van der Waals surface area contributed by atoms with Crippen LogP contribution in [0.1, 0.15) is 26.6 Å². The van der Waals surface area contributed by atoms with Gasteiger partial charge in [-0.2, -0.15) is 0 Å². The largest absolute Gasteiger partial charge is 0.477 e.